The number of hydrogen-bond donors (Lipinski definition) is 2. The number of hydrogen-bond acceptors (Lipinski definition) is 2. The van der Waals surface area contributed by atoms with Gasteiger partial charge in [0.15, 0.2) is 0 Å². The van der Waals surface area contributed by atoms with Crippen molar-refractivity contribution in [2.75, 3.05) is 11.9 Å². The van der Waals surface area contributed by atoms with Crippen LogP contribution >= 0.6 is 0 Å². The number of halogens is 2. The topological polar surface area (TPSA) is 41.1 Å². The Morgan fingerprint density at radius 2 is 1.84 bits per heavy atom. The van der Waals surface area contributed by atoms with Crippen LogP contribution in [-0.2, 0) is 4.79 Å². The molecule has 0 aliphatic heterocycles. The maximum atomic E-state index is 13.0. The number of amides is 1. The van der Waals surface area contributed by atoms with E-state index in [0.717, 1.165) is 37.5 Å². The van der Waals surface area contributed by atoms with Gasteiger partial charge >= 0.3 is 0 Å². The highest BCUT2D eigenvalue weighted by atomic mass is 19.1. The van der Waals surface area contributed by atoms with E-state index in [4.69, 9.17) is 0 Å². The number of unbranched alkanes of at least 4 members (excludes halogenated alkanes) is 2. The predicted octanol–water partition coefficient (Wildman–Crippen LogP) is 3.07. The van der Waals surface area contributed by atoms with Crippen LogP contribution in [0, 0.1) is 11.6 Å². The highest BCUT2D eigenvalue weighted by Gasteiger charge is 2.12. The predicted molar refractivity (Wildman–Crippen MR) is 72.0 cm³/mol. The Kier molecular flexibility index (Phi) is 6.25. The summed E-state index contributed by atoms with van der Waals surface area (Å²) in [5, 5.41) is 5.55. The van der Waals surface area contributed by atoms with Gasteiger partial charge in [-0.15, -0.1) is 0 Å². The molecule has 0 saturated carbocycles. The lowest BCUT2D eigenvalue weighted by molar-refractivity contribution is -0.121. The molecule has 1 rings (SSSR count). The molecule has 0 spiro atoms. The summed E-state index contributed by atoms with van der Waals surface area (Å²) < 4.78 is 26.0. The van der Waals surface area contributed by atoms with E-state index in [1.165, 1.54) is 0 Å². The van der Waals surface area contributed by atoms with E-state index in [1.807, 2.05) is 0 Å². The fourth-order valence-corrected chi connectivity index (χ4v) is 1.69. The number of nitrogens with one attached hydrogen (secondary N) is 2. The van der Waals surface area contributed by atoms with Crippen molar-refractivity contribution >= 4 is 11.6 Å². The van der Waals surface area contributed by atoms with Gasteiger partial charge in [-0.05, 0) is 25.5 Å². The molecule has 3 nitrogen and oxygen atoms in total. The maximum Gasteiger partial charge on any atom is 0.242 e. The van der Waals surface area contributed by atoms with Crippen LogP contribution in [-0.4, -0.2) is 18.5 Å². The molecular formula is C14H20F2N2O. The standard InChI is InChI=1S/C14H20F2N2O/c1-3-4-5-6-17-14(19)10(2)18-13-8-11(15)7-12(16)9-13/h7-10,18H,3-6H2,1-2H3,(H,17,19). The Balaban J connectivity index is 2.44. The first kappa shape index (κ1) is 15.4. The molecule has 1 aromatic carbocycles. The van der Waals surface area contributed by atoms with Crippen LogP contribution in [0.25, 0.3) is 0 Å². The SMILES string of the molecule is CCCCCNC(=O)C(C)Nc1cc(F)cc(F)c1. The van der Waals surface area contributed by atoms with Crippen molar-refractivity contribution in [1.29, 1.82) is 0 Å². The fourth-order valence-electron chi connectivity index (χ4n) is 1.69. The monoisotopic (exact) mass is 270 g/mol. The zero-order chi connectivity index (χ0) is 14.3. The first-order valence-corrected chi connectivity index (χ1v) is 6.53. The minimum atomic E-state index is -0.668. The summed E-state index contributed by atoms with van der Waals surface area (Å²) in [6, 6.07) is 2.57. The first-order chi connectivity index (χ1) is 9.02. The second-order valence-corrected chi connectivity index (χ2v) is 4.52. The summed E-state index contributed by atoms with van der Waals surface area (Å²) in [5.74, 6) is -1.52. The molecule has 1 unspecified atom stereocenters. The molecule has 5 heteroatoms. The lowest BCUT2D eigenvalue weighted by Crippen LogP contribution is -2.38. The molecule has 0 saturated heterocycles. The normalized spacial score (nSPS) is 12.0. The van der Waals surface area contributed by atoms with Crippen molar-refractivity contribution in [2.45, 2.75) is 39.2 Å². The van der Waals surface area contributed by atoms with Crippen molar-refractivity contribution in [2.24, 2.45) is 0 Å². The molecule has 0 bridgehead atoms. The van der Waals surface area contributed by atoms with Crippen LogP contribution in [0.3, 0.4) is 0 Å². The molecule has 106 valence electrons. The average molecular weight is 270 g/mol. The third-order valence-corrected chi connectivity index (χ3v) is 2.72. The van der Waals surface area contributed by atoms with Crippen LogP contribution in [0.2, 0.25) is 0 Å². The van der Waals surface area contributed by atoms with E-state index in [0.29, 0.717) is 6.54 Å². The molecule has 0 aliphatic rings. The highest BCUT2D eigenvalue weighted by Crippen LogP contribution is 2.13. The minimum Gasteiger partial charge on any atom is -0.374 e. The van der Waals surface area contributed by atoms with Gasteiger partial charge < -0.3 is 10.6 Å². The summed E-state index contributed by atoms with van der Waals surface area (Å²) in [7, 11) is 0. The fraction of sp³-hybridized carbons (Fsp3) is 0.500. The molecule has 2 N–H and O–H groups in total. The average Bonchev–Trinajstić information content (AvgIpc) is 2.33. The Labute approximate surface area is 112 Å². The molecule has 0 radical (unpaired) electrons. The van der Waals surface area contributed by atoms with Crippen molar-refractivity contribution in [1.82, 2.24) is 5.32 Å². The number of carbonyl (C=O) groups excluding carboxylic acids is 1. The summed E-state index contributed by atoms with van der Waals surface area (Å²) in [5.41, 5.74) is 0.258. The van der Waals surface area contributed by atoms with E-state index in [2.05, 4.69) is 17.6 Å². The van der Waals surface area contributed by atoms with Gasteiger partial charge in [0.1, 0.15) is 17.7 Å². The molecular weight excluding hydrogens is 250 g/mol. The second-order valence-electron chi connectivity index (χ2n) is 4.52. The zero-order valence-corrected chi connectivity index (χ0v) is 11.3. The van der Waals surface area contributed by atoms with E-state index in [1.54, 1.807) is 6.92 Å². The Bertz CT molecular complexity index is 404. The van der Waals surface area contributed by atoms with Gasteiger partial charge in [-0.2, -0.15) is 0 Å². The summed E-state index contributed by atoms with van der Waals surface area (Å²) >= 11 is 0. The number of carbonyl (C=O) groups is 1. The third kappa shape index (κ3) is 5.68. The highest BCUT2D eigenvalue weighted by molar-refractivity contribution is 5.84. The quantitative estimate of drug-likeness (QED) is 0.748. The molecule has 0 aromatic heterocycles. The van der Waals surface area contributed by atoms with Gasteiger partial charge in [0, 0.05) is 18.3 Å². The lowest BCUT2D eigenvalue weighted by Gasteiger charge is -2.15. The van der Waals surface area contributed by atoms with Crippen LogP contribution < -0.4 is 10.6 Å². The first-order valence-electron chi connectivity index (χ1n) is 6.53. The van der Waals surface area contributed by atoms with Gasteiger partial charge in [0.25, 0.3) is 0 Å². The third-order valence-electron chi connectivity index (χ3n) is 2.72. The van der Waals surface area contributed by atoms with Gasteiger partial charge in [-0.3, -0.25) is 4.79 Å². The van der Waals surface area contributed by atoms with Crippen molar-refractivity contribution in [3.05, 3.63) is 29.8 Å². The van der Waals surface area contributed by atoms with E-state index in [-0.39, 0.29) is 11.6 Å². The number of anilines is 1. The van der Waals surface area contributed by atoms with Crippen LogP contribution in [0.15, 0.2) is 18.2 Å². The van der Waals surface area contributed by atoms with Gasteiger partial charge in [-0.1, -0.05) is 19.8 Å². The minimum absolute atomic E-state index is 0.180. The Morgan fingerprint density at radius 1 is 1.21 bits per heavy atom. The van der Waals surface area contributed by atoms with Gasteiger partial charge in [0.05, 0.1) is 0 Å². The summed E-state index contributed by atoms with van der Waals surface area (Å²) in [4.78, 5) is 11.7. The van der Waals surface area contributed by atoms with Crippen molar-refractivity contribution in [3.8, 4) is 0 Å². The maximum absolute atomic E-state index is 13.0. The van der Waals surface area contributed by atoms with Crippen LogP contribution in [0.4, 0.5) is 14.5 Å². The van der Waals surface area contributed by atoms with Crippen molar-refractivity contribution < 1.29 is 13.6 Å². The molecule has 0 heterocycles. The molecule has 0 fully saturated rings. The molecule has 1 atom stereocenters. The lowest BCUT2D eigenvalue weighted by atomic mass is 10.2. The van der Waals surface area contributed by atoms with Gasteiger partial charge in [-0.25, -0.2) is 8.78 Å². The molecule has 0 aliphatic carbocycles. The largest absolute Gasteiger partial charge is 0.374 e. The van der Waals surface area contributed by atoms with Crippen molar-refractivity contribution in [3.63, 3.8) is 0 Å². The Hall–Kier alpha value is -1.65. The zero-order valence-electron chi connectivity index (χ0n) is 11.3. The van der Waals surface area contributed by atoms with Gasteiger partial charge in [0.2, 0.25) is 5.91 Å². The molecule has 19 heavy (non-hydrogen) atoms. The van der Waals surface area contributed by atoms with E-state index >= 15 is 0 Å². The molecule has 1 amide bonds. The second kappa shape index (κ2) is 7.71. The van der Waals surface area contributed by atoms with E-state index < -0.39 is 17.7 Å². The molecule has 1 aromatic rings. The Morgan fingerprint density at radius 3 is 2.42 bits per heavy atom. The summed E-state index contributed by atoms with van der Waals surface area (Å²) in [6.07, 6.45) is 3.09. The van der Waals surface area contributed by atoms with Crippen LogP contribution in [0.5, 0.6) is 0 Å². The smallest absolute Gasteiger partial charge is 0.242 e. The number of rotatable bonds is 7. The van der Waals surface area contributed by atoms with Crippen LogP contribution in [0.1, 0.15) is 33.1 Å². The van der Waals surface area contributed by atoms with E-state index in [9.17, 15) is 13.6 Å². The number of benzene rings is 1. The summed E-state index contributed by atoms with van der Waals surface area (Å²) in [6.45, 7) is 4.36.